The number of rotatable bonds is 2. The summed E-state index contributed by atoms with van der Waals surface area (Å²) in [5.41, 5.74) is 3.51. The summed E-state index contributed by atoms with van der Waals surface area (Å²) in [6, 6.07) is 5.61. The number of carbonyl (C=O) groups is 1. The summed E-state index contributed by atoms with van der Waals surface area (Å²) in [6.45, 7) is 3.30. The minimum atomic E-state index is -0.0932. The van der Waals surface area contributed by atoms with Crippen LogP contribution in [0.1, 0.15) is 23.1 Å². The van der Waals surface area contributed by atoms with Crippen LogP contribution in [0, 0.1) is 6.92 Å². The molecular weight excluding hydrogens is 242 g/mol. The van der Waals surface area contributed by atoms with Crippen molar-refractivity contribution in [3.63, 3.8) is 0 Å². The maximum atomic E-state index is 11.4. The Morgan fingerprint density at radius 2 is 1.89 bits per heavy atom. The van der Waals surface area contributed by atoms with Gasteiger partial charge in [-0.1, -0.05) is 5.21 Å². The van der Waals surface area contributed by atoms with E-state index in [1.807, 2.05) is 25.1 Å². The first-order valence-electron chi connectivity index (χ1n) is 5.81. The molecule has 0 saturated heterocycles. The fraction of sp³-hybridized carbons (Fsp3) is 0.154. The molecule has 6 heteroatoms. The van der Waals surface area contributed by atoms with E-state index in [9.17, 15) is 4.79 Å². The van der Waals surface area contributed by atoms with Crippen LogP contribution in [0.25, 0.3) is 16.7 Å². The van der Waals surface area contributed by atoms with Crippen LogP contribution in [0.3, 0.4) is 0 Å². The van der Waals surface area contributed by atoms with Gasteiger partial charge in [-0.25, -0.2) is 4.68 Å². The Labute approximate surface area is 109 Å². The average molecular weight is 253 g/mol. The molecule has 3 aromatic rings. The van der Waals surface area contributed by atoms with Gasteiger partial charge in [0.25, 0.3) is 0 Å². The van der Waals surface area contributed by atoms with Crippen molar-refractivity contribution in [1.82, 2.24) is 25.0 Å². The number of carbonyl (C=O) groups excluding carboxylic acids is 1. The molecule has 0 bridgehead atoms. The first kappa shape index (κ1) is 11.5. The predicted molar refractivity (Wildman–Crippen MR) is 69.2 cm³/mol. The van der Waals surface area contributed by atoms with Gasteiger partial charge in [0.15, 0.2) is 11.5 Å². The van der Waals surface area contributed by atoms with Crippen molar-refractivity contribution in [1.29, 1.82) is 0 Å². The summed E-state index contributed by atoms with van der Waals surface area (Å²) in [6.07, 6.45) is 3.29. The third-order valence-electron chi connectivity index (χ3n) is 2.93. The lowest BCUT2D eigenvalue weighted by atomic mass is 10.2. The highest BCUT2D eigenvalue weighted by atomic mass is 16.1. The van der Waals surface area contributed by atoms with Crippen molar-refractivity contribution in [2.45, 2.75) is 13.8 Å². The van der Waals surface area contributed by atoms with E-state index < -0.39 is 0 Å². The molecule has 2 heterocycles. The van der Waals surface area contributed by atoms with Crippen LogP contribution >= 0.6 is 0 Å². The van der Waals surface area contributed by atoms with Crippen molar-refractivity contribution in [2.24, 2.45) is 0 Å². The third-order valence-corrected chi connectivity index (χ3v) is 2.93. The lowest BCUT2D eigenvalue weighted by Gasteiger charge is -2.04. The van der Waals surface area contributed by atoms with Crippen molar-refractivity contribution in [3.05, 3.63) is 42.0 Å². The highest BCUT2D eigenvalue weighted by Crippen LogP contribution is 2.16. The van der Waals surface area contributed by atoms with Gasteiger partial charge in [0, 0.05) is 19.3 Å². The molecule has 2 aromatic heterocycles. The van der Waals surface area contributed by atoms with Gasteiger partial charge in [0.05, 0.1) is 22.4 Å². The third kappa shape index (κ3) is 1.87. The molecule has 6 nitrogen and oxygen atoms in total. The molecule has 0 aliphatic carbocycles. The smallest absolute Gasteiger partial charge is 0.181 e. The second-order valence-electron chi connectivity index (χ2n) is 4.22. The lowest BCUT2D eigenvalue weighted by molar-refractivity contribution is 0.101. The van der Waals surface area contributed by atoms with Gasteiger partial charge in [-0.05, 0) is 25.1 Å². The maximum Gasteiger partial charge on any atom is 0.181 e. The standard InChI is InChI=1S/C13H11N5O/c1-8-13(9(2)19)16-17-18(8)10-3-4-11-12(7-10)15-6-5-14-11/h3-7H,1-2H3. The van der Waals surface area contributed by atoms with Crippen molar-refractivity contribution < 1.29 is 4.79 Å². The summed E-state index contributed by atoms with van der Waals surface area (Å²) in [5, 5.41) is 7.91. The van der Waals surface area contributed by atoms with Crippen LogP contribution in [0.2, 0.25) is 0 Å². The number of Topliss-reactive ketones (excluding diaryl/α,β-unsaturated/α-hetero) is 1. The number of hydrogen-bond acceptors (Lipinski definition) is 5. The van der Waals surface area contributed by atoms with Gasteiger partial charge in [0.1, 0.15) is 0 Å². The van der Waals surface area contributed by atoms with Gasteiger partial charge in [-0.3, -0.25) is 14.8 Å². The molecule has 1 aromatic carbocycles. The van der Waals surface area contributed by atoms with Crippen molar-refractivity contribution in [3.8, 4) is 5.69 Å². The number of ketones is 1. The Kier molecular flexibility index (Phi) is 2.56. The maximum absolute atomic E-state index is 11.4. The fourth-order valence-corrected chi connectivity index (χ4v) is 1.98. The Bertz CT molecular complexity index is 778. The number of aromatic nitrogens is 5. The van der Waals surface area contributed by atoms with E-state index in [2.05, 4.69) is 20.3 Å². The van der Waals surface area contributed by atoms with Crippen molar-refractivity contribution in [2.75, 3.05) is 0 Å². The quantitative estimate of drug-likeness (QED) is 0.650. The first-order valence-corrected chi connectivity index (χ1v) is 5.81. The normalized spacial score (nSPS) is 10.8. The van der Waals surface area contributed by atoms with Crippen LogP contribution in [0.4, 0.5) is 0 Å². The highest BCUT2D eigenvalue weighted by molar-refractivity contribution is 5.93. The van der Waals surface area contributed by atoms with Crippen LogP contribution in [0.5, 0.6) is 0 Å². The van der Waals surface area contributed by atoms with Gasteiger partial charge in [0.2, 0.25) is 0 Å². The monoisotopic (exact) mass is 253 g/mol. The SMILES string of the molecule is CC(=O)c1nnn(-c2ccc3nccnc3c2)c1C. The van der Waals surface area contributed by atoms with E-state index >= 15 is 0 Å². The molecule has 94 valence electrons. The van der Waals surface area contributed by atoms with Crippen molar-refractivity contribution >= 4 is 16.8 Å². The molecule has 0 amide bonds. The van der Waals surface area contributed by atoms with Gasteiger partial charge in [-0.15, -0.1) is 5.10 Å². The molecule has 0 radical (unpaired) electrons. The van der Waals surface area contributed by atoms with E-state index in [1.165, 1.54) is 6.92 Å². The summed E-state index contributed by atoms with van der Waals surface area (Å²) in [7, 11) is 0. The average Bonchev–Trinajstić information content (AvgIpc) is 2.80. The molecule has 0 atom stereocenters. The number of benzene rings is 1. The minimum absolute atomic E-state index is 0.0932. The first-order chi connectivity index (χ1) is 9.16. The zero-order valence-electron chi connectivity index (χ0n) is 10.5. The molecule has 19 heavy (non-hydrogen) atoms. The molecule has 0 aliphatic rings. The van der Waals surface area contributed by atoms with Gasteiger partial charge >= 0.3 is 0 Å². The molecule has 0 N–H and O–H groups in total. The van der Waals surface area contributed by atoms with Gasteiger partial charge < -0.3 is 0 Å². The Morgan fingerprint density at radius 3 is 2.58 bits per heavy atom. The second kappa shape index (κ2) is 4.24. The van der Waals surface area contributed by atoms with E-state index in [0.717, 1.165) is 22.4 Å². The largest absolute Gasteiger partial charge is 0.293 e. The van der Waals surface area contributed by atoms with E-state index in [0.29, 0.717) is 5.69 Å². The predicted octanol–water partition coefficient (Wildman–Crippen LogP) is 1.72. The Balaban J connectivity index is 2.16. The zero-order chi connectivity index (χ0) is 13.4. The summed E-state index contributed by atoms with van der Waals surface area (Å²) in [4.78, 5) is 19.8. The topological polar surface area (TPSA) is 73.6 Å². The lowest BCUT2D eigenvalue weighted by Crippen LogP contribution is -2.01. The van der Waals surface area contributed by atoms with Crippen LogP contribution in [-0.4, -0.2) is 30.7 Å². The second-order valence-corrected chi connectivity index (χ2v) is 4.22. The summed E-state index contributed by atoms with van der Waals surface area (Å²) in [5.74, 6) is -0.0932. The highest BCUT2D eigenvalue weighted by Gasteiger charge is 2.13. The molecule has 0 fully saturated rings. The van der Waals surface area contributed by atoms with Crippen LogP contribution in [-0.2, 0) is 0 Å². The molecule has 0 spiro atoms. The van der Waals surface area contributed by atoms with Crippen LogP contribution < -0.4 is 0 Å². The molecule has 3 rings (SSSR count). The summed E-state index contributed by atoms with van der Waals surface area (Å²) < 4.78 is 1.63. The minimum Gasteiger partial charge on any atom is -0.293 e. The Morgan fingerprint density at radius 1 is 1.16 bits per heavy atom. The molecule has 0 unspecified atom stereocenters. The van der Waals surface area contributed by atoms with Gasteiger partial charge in [-0.2, -0.15) is 0 Å². The zero-order valence-corrected chi connectivity index (χ0v) is 10.5. The van der Waals surface area contributed by atoms with E-state index in [1.54, 1.807) is 17.1 Å². The number of hydrogen-bond donors (Lipinski definition) is 0. The van der Waals surface area contributed by atoms with E-state index in [4.69, 9.17) is 0 Å². The van der Waals surface area contributed by atoms with E-state index in [-0.39, 0.29) is 5.78 Å². The van der Waals surface area contributed by atoms with Crippen LogP contribution in [0.15, 0.2) is 30.6 Å². The molecular formula is C13H11N5O. The molecule has 0 aliphatic heterocycles. The number of fused-ring (bicyclic) bond motifs is 1. The number of nitrogens with zero attached hydrogens (tertiary/aromatic N) is 5. The molecule has 0 saturated carbocycles. The summed E-state index contributed by atoms with van der Waals surface area (Å²) >= 11 is 0. The fourth-order valence-electron chi connectivity index (χ4n) is 1.98. The Hall–Kier alpha value is -2.63.